The van der Waals surface area contributed by atoms with Crippen LogP contribution in [0.15, 0.2) is 60.7 Å². The highest BCUT2D eigenvalue weighted by atomic mass is 16.3. The van der Waals surface area contributed by atoms with Gasteiger partial charge in [0, 0.05) is 6.04 Å². The second-order valence-electron chi connectivity index (χ2n) is 4.44. The van der Waals surface area contributed by atoms with E-state index in [1.807, 2.05) is 48.5 Å². The van der Waals surface area contributed by atoms with Gasteiger partial charge < -0.3 is 10.4 Å². The smallest absolute Gasteiger partial charge is 0.0626 e. The van der Waals surface area contributed by atoms with Crippen molar-refractivity contribution in [3.8, 4) is 0 Å². The van der Waals surface area contributed by atoms with Gasteiger partial charge in [-0.2, -0.15) is 0 Å². The van der Waals surface area contributed by atoms with Crippen LogP contribution in [0.5, 0.6) is 0 Å². The Morgan fingerprint density at radius 1 is 0.889 bits per heavy atom. The third kappa shape index (κ3) is 3.19. The number of benzene rings is 2. The van der Waals surface area contributed by atoms with E-state index >= 15 is 0 Å². The zero-order valence-electron chi connectivity index (χ0n) is 10.6. The van der Waals surface area contributed by atoms with Crippen molar-refractivity contribution in [2.45, 2.75) is 19.0 Å². The molecule has 0 aliphatic carbocycles. The Labute approximate surface area is 108 Å². The van der Waals surface area contributed by atoms with E-state index in [9.17, 15) is 5.11 Å². The lowest BCUT2D eigenvalue weighted by Gasteiger charge is -2.22. The first-order valence-corrected chi connectivity index (χ1v) is 6.28. The molecule has 0 spiro atoms. The molecule has 2 heteroatoms. The lowest BCUT2D eigenvalue weighted by atomic mass is 10.0. The fourth-order valence-corrected chi connectivity index (χ4v) is 2.08. The average Bonchev–Trinajstić information content (AvgIpc) is 2.46. The van der Waals surface area contributed by atoms with Gasteiger partial charge in [0.1, 0.15) is 0 Å². The van der Waals surface area contributed by atoms with Crippen molar-refractivity contribution in [1.82, 2.24) is 5.32 Å². The Bertz CT molecular complexity index is 455. The molecule has 0 aromatic heterocycles. The van der Waals surface area contributed by atoms with Crippen molar-refractivity contribution in [3.05, 3.63) is 71.8 Å². The van der Waals surface area contributed by atoms with Crippen LogP contribution in [0.3, 0.4) is 0 Å². The van der Waals surface area contributed by atoms with Gasteiger partial charge in [0.15, 0.2) is 0 Å². The Hall–Kier alpha value is -1.64. The van der Waals surface area contributed by atoms with E-state index in [4.69, 9.17) is 0 Å². The summed E-state index contributed by atoms with van der Waals surface area (Å²) in [7, 11) is 0. The normalized spacial score (nSPS) is 14.1. The predicted molar refractivity (Wildman–Crippen MR) is 74.3 cm³/mol. The molecule has 0 amide bonds. The van der Waals surface area contributed by atoms with E-state index in [1.54, 1.807) is 0 Å². The van der Waals surface area contributed by atoms with Crippen molar-refractivity contribution in [1.29, 1.82) is 0 Å². The van der Waals surface area contributed by atoms with Gasteiger partial charge in [0.25, 0.3) is 0 Å². The second kappa shape index (κ2) is 6.34. The van der Waals surface area contributed by atoms with Gasteiger partial charge in [0.2, 0.25) is 0 Å². The molecule has 2 N–H and O–H groups in total. The van der Waals surface area contributed by atoms with E-state index < -0.39 is 0 Å². The minimum absolute atomic E-state index is 0.0265. The molecule has 0 radical (unpaired) electrons. The summed E-state index contributed by atoms with van der Waals surface area (Å²) in [6, 6.07) is 20.5. The number of nitrogens with one attached hydrogen (secondary N) is 1. The van der Waals surface area contributed by atoms with Gasteiger partial charge in [0.05, 0.1) is 12.6 Å². The van der Waals surface area contributed by atoms with Crippen LogP contribution in [0.4, 0.5) is 0 Å². The summed E-state index contributed by atoms with van der Waals surface area (Å²) in [4.78, 5) is 0. The van der Waals surface area contributed by atoms with E-state index in [0.29, 0.717) is 0 Å². The zero-order chi connectivity index (χ0) is 12.8. The summed E-state index contributed by atoms with van der Waals surface area (Å²) < 4.78 is 0. The van der Waals surface area contributed by atoms with Crippen LogP contribution < -0.4 is 5.32 Å². The van der Waals surface area contributed by atoms with Crippen LogP contribution in [-0.4, -0.2) is 11.7 Å². The molecule has 2 atom stereocenters. The molecule has 1 unspecified atom stereocenters. The first-order chi connectivity index (χ1) is 8.81. The molecule has 0 saturated heterocycles. The van der Waals surface area contributed by atoms with E-state index in [1.165, 1.54) is 5.56 Å². The summed E-state index contributed by atoms with van der Waals surface area (Å²) in [5, 5.41) is 13.0. The minimum atomic E-state index is -0.0265. The molecule has 0 bridgehead atoms. The second-order valence-corrected chi connectivity index (χ2v) is 4.44. The van der Waals surface area contributed by atoms with Crippen molar-refractivity contribution >= 4 is 0 Å². The summed E-state index contributed by atoms with van der Waals surface area (Å²) >= 11 is 0. The highest BCUT2D eigenvalue weighted by Gasteiger charge is 2.13. The summed E-state index contributed by atoms with van der Waals surface area (Å²) in [6.07, 6.45) is 0. The Balaban J connectivity index is 2.07. The molecule has 18 heavy (non-hydrogen) atoms. The number of hydrogen-bond acceptors (Lipinski definition) is 2. The fourth-order valence-electron chi connectivity index (χ4n) is 2.08. The average molecular weight is 241 g/mol. The van der Waals surface area contributed by atoms with Crippen molar-refractivity contribution < 1.29 is 5.11 Å². The fraction of sp³-hybridized carbons (Fsp3) is 0.250. The molecule has 94 valence electrons. The molecule has 2 rings (SSSR count). The monoisotopic (exact) mass is 241 g/mol. The maximum absolute atomic E-state index is 9.51. The van der Waals surface area contributed by atoms with E-state index in [-0.39, 0.29) is 18.7 Å². The highest BCUT2D eigenvalue weighted by Crippen LogP contribution is 2.18. The summed E-state index contributed by atoms with van der Waals surface area (Å²) in [5.74, 6) is 0. The largest absolute Gasteiger partial charge is 0.394 e. The van der Waals surface area contributed by atoms with Crippen molar-refractivity contribution in [2.75, 3.05) is 6.61 Å². The Morgan fingerprint density at radius 3 is 1.89 bits per heavy atom. The number of hydrogen-bond donors (Lipinski definition) is 2. The lowest BCUT2D eigenvalue weighted by molar-refractivity contribution is 0.235. The van der Waals surface area contributed by atoms with Crippen LogP contribution in [0.25, 0.3) is 0 Å². The van der Waals surface area contributed by atoms with Crippen LogP contribution in [0, 0.1) is 0 Å². The number of rotatable bonds is 5. The van der Waals surface area contributed by atoms with Crippen LogP contribution in [0.2, 0.25) is 0 Å². The molecular weight excluding hydrogens is 222 g/mol. The van der Waals surface area contributed by atoms with Gasteiger partial charge in [-0.05, 0) is 18.1 Å². The Morgan fingerprint density at radius 2 is 1.39 bits per heavy atom. The van der Waals surface area contributed by atoms with E-state index in [2.05, 4.69) is 24.4 Å². The molecule has 0 fully saturated rings. The van der Waals surface area contributed by atoms with Gasteiger partial charge in [-0.3, -0.25) is 0 Å². The Kier molecular flexibility index (Phi) is 4.51. The molecule has 2 aromatic carbocycles. The zero-order valence-corrected chi connectivity index (χ0v) is 10.6. The first-order valence-electron chi connectivity index (χ1n) is 6.28. The molecule has 2 aromatic rings. The third-order valence-electron chi connectivity index (χ3n) is 3.14. The predicted octanol–water partition coefficient (Wildman–Crippen LogP) is 3.07. The third-order valence-corrected chi connectivity index (χ3v) is 3.14. The van der Waals surface area contributed by atoms with Gasteiger partial charge in [-0.25, -0.2) is 0 Å². The van der Waals surface area contributed by atoms with Crippen LogP contribution in [-0.2, 0) is 0 Å². The highest BCUT2D eigenvalue weighted by molar-refractivity contribution is 5.22. The lowest BCUT2D eigenvalue weighted by Crippen LogP contribution is -2.27. The number of aliphatic hydroxyl groups is 1. The number of aliphatic hydroxyl groups excluding tert-OH is 1. The van der Waals surface area contributed by atoms with Crippen LogP contribution in [0.1, 0.15) is 30.1 Å². The van der Waals surface area contributed by atoms with Gasteiger partial charge in [-0.1, -0.05) is 60.7 Å². The molecule has 0 aliphatic heterocycles. The summed E-state index contributed by atoms with van der Waals surface area (Å²) in [6.45, 7) is 2.21. The minimum Gasteiger partial charge on any atom is -0.394 e. The first kappa shape index (κ1) is 12.8. The van der Waals surface area contributed by atoms with E-state index in [0.717, 1.165) is 5.56 Å². The maximum Gasteiger partial charge on any atom is 0.0626 e. The van der Waals surface area contributed by atoms with Crippen LogP contribution >= 0.6 is 0 Å². The standard InChI is InChI=1S/C16H19NO/c1-13(14-8-4-2-5-9-14)17-16(12-18)15-10-6-3-7-11-15/h2-11,13,16-18H,12H2,1H3/t13?,16-/m1/s1. The van der Waals surface area contributed by atoms with Gasteiger partial charge in [-0.15, -0.1) is 0 Å². The molecule has 0 heterocycles. The maximum atomic E-state index is 9.51. The summed E-state index contributed by atoms with van der Waals surface area (Å²) in [5.41, 5.74) is 2.34. The topological polar surface area (TPSA) is 32.3 Å². The molecule has 0 saturated carbocycles. The molecule has 2 nitrogen and oxygen atoms in total. The van der Waals surface area contributed by atoms with Crippen molar-refractivity contribution in [3.63, 3.8) is 0 Å². The quantitative estimate of drug-likeness (QED) is 0.843. The SMILES string of the molecule is CC(N[C@H](CO)c1ccccc1)c1ccccc1. The van der Waals surface area contributed by atoms with Gasteiger partial charge >= 0.3 is 0 Å². The van der Waals surface area contributed by atoms with Crippen molar-refractivity contribution in [2.24, 2.45) is 0 Å². The molecule has 0 aliphatic rings. The molecular formula is C16H19NO.